The highest BCUT2D eigenvalue weighted by atomic mass is 32.2. The first-order valence-electron chi connectivity index (χ1n) is 15.0. The van der Waals surface area contributed by atoms with Gasteiger partial charge in [0.25, 0.3) is 0 Å². The second-order valence-corrected chi connectivity index (χ2v) is 14.7. The number of carbonyl (C=O) groups is 4. The molecule has 2 heterocycles. The van der Waals surface area contributed by atoms with Crippen molar-refractivity contribution in [3.8, 4) is 0 Å². The van der Waals surface area contributed by atoms with Gasteiger partial charge in [0.15, 0.2) is 0 Å². The lowest BCUT2D eigenvalue weighted by molar-refractivity contribution is -0.150. The zero-order valence-electron chi connectivity index (χ0n) is 25.5. The van der Waals surface area contributed by atoms with Crippen molar-refractivity contribution in [1.82, 2.24) is 15.5 Å². The standard InChI is InChI=1S/C26H41N3O6.C3H7NO2S/c1-6-34-23(32)26-15-18(26)12-10-8-7-9-11-13-19(27-24(33)35-25(3,4)5)22(31)29-16-17(2)14-20(29)21(30)28-26;4-7(5,6)3-1-2-3/h10,12,17-20H,6-9,11,13-16H2,1-5H3,(H,27,33)(H,28,30);3H,1-2H2,(H2,4,5,6)/b12-10-;/t17-,18-,19+,20+,26-;/m1./s1. The molecule has 238 valence electrons. The summed E-state index contributed by atoms with van der Waals surface area (Å²) in [6.45, 7) is 9.69. The molecule has 1 saturated heterocycles. The molecule has 4 aliphatic rings. The first kappa shape index (κ1) is 33.8. The highest BCUT2D eigenvalue weighted by molar-refractivity contribution is 7.90. The summed E-state index contributed by atoms with van der Waals surface area (Å²) >= 11 is 0. The smallest absolute Gasteiger partial charge is 0.408 e. The number of nitrogens with zero attached hydrogens (tertiary/aromatic N) is 1. The van der Waals surface area contributed by atoms with Crippen molar-refractivity contribution >= 4 is 33.9 Å². The van der Waals surface area contributed by atoms with Crippen LogP contribution in [0.2, 0.25) is 0 Å². The summed E-state index contributed by atoms with van der Waals surface area (Å²) in [5.74, 6) is -1.06. The fourth-order valence-electron chi connectivity index (χ4n) is 5.40. The predicted molar refractivity (Wildman–Crippen MR) is 156 cm³/mol. The zero-order chi connectivity index (χ0) is 31.3. The van der Waals surface area contributed by atoms with Crippen LogP contribution in [0.15, 0.2) is 12.2 Å². The van der Waals surface area contributed by atoms with Crippen LogP contribution in [-0.2, 0) is 33.9 Å². The Morgan fingerprint density at radius 2 is 1.86 bits per heavy atom. The zero-order valence-corrected chi connectivity index (χ0v) is 26.3. The van der Waals surface area contributed by atoms with Crippen molar-refractivity contribution in [2.75, 3.05) is 13.2 Å². The number of carbonyl (C=O) groups excluding carboxylic acids is 4. The van der Waals surface area contributed by atoms with E-state index in [-0.39, 0.29) is 35.5 Å². The largest absolute Gasteiger partial charge is 0.464 e. The fourth-order valence-corrected chi connectivity index (χ4v) is 6.20. The molecule has 2 aliphatic carbocycles. The molecule has 13 heteroatoms. The van der Waals surface area contributed by atoms with E-state index >= 15 is 0 Å². The molecule has 3 fully saturated rings. The number of fused-ring (bicyclic) bond motifs is 2. The molecule has 3 amide bonds. The van der Waals surface area contributed by atoms with Crippen LogP contribution in [0.25, 0.3) is 0 Å². The Bertz CT molecular complexity index is 1150. The van der Waals surface area contributed by atoms with Gasteiger partial charge >= 0.3 is 12.1 Å². The van der Waals surface area contributed by atoms with E-state index in [0.29, 0.717) is 25.8 Å². The molecule has 0 bridgehead atoms. The monoisotopic (exact) mass is 612 g/mol. The lowest BCUT2D eigenvalue weighted by atomic mass is 10.0. The minimum Gasteiger partial charge on any atom is -0.464 e. The van der Waals surface area contributed by atoms with Crippen molar-refractivity contribution < 1.29 is 37.1 Å². The maximum Gasteiger partial charge on any atom is 0.408 e. The van der Waals surface area contributed by atoms with E-state index in [1.807, 2.05) is 13.0 Å². The van der Waals surface area contributed by atoms with Crippen molar-refractivity contribution in [2.24, 2.45) is 17.0 Å². The topological polar surface area (TPSA) is 174 Å². The van der Waals surface area contributed by atoms with Crippen molar-refractivity contribution in [2.45, 2.75) is 121 Å². The molecule has 2 aliphatic heterocycles. The van der Waals surface area contributed by atoms with E-state index in [1.165, 1.54) is 0 Å². The minimum atomic E-state index is -3.13. The lowest BCUT2D eigenvalue weighted by Crippen LogP contribution is -2.56. The first-order chi connectivity index (χ1) is 19.6. The van der Waals surface area contributed by atoms with E-state index in [2.05, 4.69) is 16.7 Å². The Morgan fingerprint density at radius 1 is 1.17 bits per heavy atom. The van der Waals surface area contributed by atoms with Crippen LogP contribution >= 0.6 is 0 Å². The number of hydrogen-bond acceptors (Lipinski definition) is 8. The van der Waals surface area contributed by atoms with Crippen LogP contribution in [0.3, 0.4) is 0 Å². The number of allylic oxidation sites excluding steroid dienone is 1. The van der Waals surface area contributed by atoms with E-state index < -0.39 is 45.3 Å². The fraction of sp³-hybridized carbons (Fsp3) is 0.793. The van der Waals surface area contributed by atoms with Crippen molar-refractivity contribution in [3.63, 3.8) is 0 Å². The minimum absolute atomic E-state index is 0.111. The van der Waals surface area contributed by atoms with Crippen LogP contribution in [0.5, 0.6) is 0 Å². The van der Waals surface area contributed by atoms with Crippen LogP contribution in [0, 0.1) is 11.8 Å². The van der Waals surface area contributed by atoms with Gasteiger partial charge in [-0.2, -0.15) is 0 Å². The molecule has 0 unspecified atom stereocenters. The summed E-state index contributed by atoms with van der Waals surface area (Å²) in [5.41, 5.74) is -1.76. The van der Waals surface area contributed by atoms with E-state index in [4.69, 9.17) is 14.6 Å². The molecule has 0 aromatic rings. The molecular formula is C29H48N4O8S. The number of ether oxygens (including phenoxy) is 2. The van der Waals surface area contributed by atoms with Gasteiger partial charge < -0.3 is 25.0 Å². The van der Waals surface area contributed by atoms with Gasteiger partial charge in [-0.3, -0.25) is 9.59 Å². The molecule has 42 heavy (non-hydrogen) atoms. The van der Waals surface area contributed by atoms with Gasteiger partial charge in [0, 0.05) is 12.5 Å². The molecule has 0 spiro atoms. The number of primary sulfonamides is 1. The Kier molecular flexibility index (Phi) is 11.1. The maximum atomic E-state index is 13.6. The molecule has 5 atom stereocenters. The van der Waals surface area contributed by atoms with Gasteiger partial charge in [0.1, 0.15) is 23.2 Å². The van der Waals surface area contributed by atoms with Gasteiger partial charge in [-0.1, -0.05) is 31.9 Å². The molecular weight excluding hydrogens is 564 g/mol. The van der Waals surface area contributed by atoms with Crippen molar-refractivity contribution in [3.05, 3.63) is 12.2 Å². The average molecular weight is 613 g/mol. The molecule has 4 N–H and O–H groups in total. The van der Waals surface area contributed by atoms with Crippen LogP contribution in [0.1, 0.15) is 92.4 Å². The lowest BCUT2D eigenvalue weighted by Gasteiger charge is -2.30. The highest BCUT2D eigenvalue weighted by Gasteiger charge is 2.62. The summed E-state index contributed by atoms with van der Waals surface area (Å²) in [6.07, 6.45) is 9.83. The van der Waals surface area contributed by atoms with Crippen LogP contribution in [0.4, 0.5) is 4.79 Å². The van der Waals surface area contributed by atoms with Crippen LogP contribution < -0.4 is 15.8 Å². The van der Waals surface area contributed by atoms with Crippen molar-refractivity contribution in [1.29, 1.82) is 0 Å². The Morgan fingerprint density at radius 3 is 2.43 bits per heavy atom. The number of alkyl carbamates (subject to hydrolysis) is 1. The predicted octanol–water partition coefficient (Wildman–Crippen LogP) is 2.51. The molecule has 4 rings (SSSR count). The third-order valence-electron chi connectivity index (χ3n) is 7.81. The molecule has 2 saturated carbocycles. The summed E-state index contributed by atoms with van der Waals surface area (Å²) in [5, 5.41) is 10.2. The third kappa shape index (κ3) is 9.42. The van der Waals surface area contributed by atoms with Gasteiger partial charge in [0.05, 0.1) is 11.9 Å². The quantitative estimate of drug-likeness (QED) is 0.321. The summed E-state index contributed by atoms with van der Waals surface area (Å²) < 4.78 is 31.0. The second-order valence-electron chi connectivity index (χ2n) is 12.9. The number of esters is 1. The molecule has 0 aromatic heterocycles. The van der Waals surface area contributed by atoms with E-state index in [1.54, 1.807) is 32.6 Å². The van der Waals surface area contributed by atoms with Gasteiger partial charge in [-0.15, -0.1) is 0 Å². The maximum absolute atomic E-state index is 13.6. The van der Waals surface area contributed by atoms with Gasteiger partial charge in [0.2, 0.25) is 21.8 Å². The van der Waals surface area contributed by atoms with E-state index in [0.717, 1.165) is 38.5 Å². The average Bonchev–Trinajstić information content (AvgIpc) is 3.79. The van der Waals surface area contributed by atoms with Crippen LogP contribution in [-0.4, -0.2) is 78.8 Å². The normalized spacial score (nSPS) is 31.0. The summed E-state index contributed by atoms with van der Waals surface area (Å²) in [7, 11) is -3.13. The van der Waals surface area contributed by atoms with Gasteiger partial charge in [-0.25, -0.2) is 23.1 Å². The second kappa shape index (κ2) is 13.7. The van der Waals surface area contributed by atoms with Gasteiger partial charge in [-0.05, 0) is 78.6 Å². The Balaban J connectivity index is 0.000000603. The summed E-state index contributed by atoms with van der Waals surface area (Å²) in [4.78, 5) is 53.9. The number of hydrogen-bond donors (Lipinski definition) is 3. The Labute approximate surface area is 249 Å². The molecule has 0 aromatic carbocycles. The number of nitrogens with two attached hydrogens (primary N) is 1. The number of nitrogens with one attached hydrogen (secondary N) is 2. The first-order valence-corrected chi connectivity index (χ1v) is 16.7. The number of amides is 3. The van der Waals surface area contributed by atoms with E-state index in [9.17, 15) is 27.6 Å². The summed E-state index contributed by atoms with van der Waals surface area (Å²) in [6, 6.07) is -1.49. The molecule has 12 nitrogen and oxygen atoms in total. The number of rotatable bonds is 4. The molecule has 0 radical (unpaired) electrons. The Hall–Kier alpha value is -2.67. The highest BCUT2D eigenvalue weighted by Crippen LogP contribution is 2.46. The number of sulfonamides is 1. The SMILES string of the molecule is CCOC(=O)[C@@]12C[C@H]1/C=C\CCCCC[C@H](NC(=O)OC(C)(C)C)C(=O)N1C[C@H](C)C[C@H]1C(=O)N2.NS(=O)(=O)C1CC1. The third-order valence-corrected chi connectivity index (χ3v) is 9.21.